The van der Waals surface area contributed by atoms with Gasteiger partial charge in [-0.1, -0.05) is 26.3 Å². The zero-order valence-electron chi connectivity index (χ0n) is 10.0. The van der Waals surface area contributed by atoms with Crippen LogP contribution in [0.1, 0.15) is 32.4 Å². The summed E-state index contributed by atoms with van der Waals surface area (Å²) in [6.07, 6.45) is 5.33. The van der Waals surface area contributed by atoms with E-state index in [1.807, 2.05) is 12.3 Å². The van der Waals surface area contributed by atoms with Crippen molar-refractivity contribution in [2.45, 2.75) is 39.2 Å². The number of rotatable bonds is 6. The van der Waals surface area contributed by atoms with Gasteiger partial charge in [0.2, 0.25) is 0 Å². The minimum Gasteiger partial charge on any atom is -0.317 e. The van der Waals surface area contributed by atoms with Crippen LogP contribution in [0.3, 0.4) is 0 Å². The van der Waals surface area contributed by atoms with Crippen LogP contribution in [0.25, 0.3) is 0 Å². The van der Waals surface area contributed by atoms with Crippen molar-refractivity contribution in [2.75, 3.05) is 7.05 Å². The molecule has 0 aromatic carbocycles. The average molecular weight is 206 g/mol. The molecule has 2 unspecified atom stereocenters. The van der Waals surface area contributed by atoms with Gasteiger partial charge in [0.1, 0.15) is 0 Å². The number of pyridine rings is 1. The van der Waals surface area contributed by atoms with E-state index >= 15 is 0 Å². The molecule has 0 saturated carbocycles. The molecule has 0 fully saturated rings. The van der Waals surface area contributed by atoms with Gasteiger partial charge in [-0.05, 0) is 37.9 Å². The fraction of sp³-hybridized carbons (Fsp3) is 0.615. The van der Waals surface area contributed by atoms with Gasteiger partial charge in [-0.2, -0.15) is 0 Å². The average Bonchev–Trinajstić information content (AvgIpc) is 2.31. The second-order valence-corrected chi connectivity index (χ2v) is 4.14. The molecule has 0 aliphatic carbocycles. The second kappa shape index (κ2) is 6.57. The highest BCUT2D eigenvalue weighted by molar-refractivity contribution is 5.03. The van der Waals surface area contributed by atoms with Crippen molar-refractivity contribution in [3.8, 4) is 0 Å². The van der Waals surface area contributed by atoms with Gasteiger partial charge in [0.15, 0.2) is 0 Å². The highest BCUT2D eigenvalue weighted by Gasteiger charge is 2.13. The molecular formula is C13H22N2. The van der Waals surface area contributed by atoms with Gasteiger partial charge in [0.05, 0.1) is 0 Å². The summed E-state index contributed by atoms with van der Waals surface area (Å²) in [6, 6.07) is 6.73. The van der Waals surface area contributed by atoms with Crippen LogP contribution in [0.5, 0.6) is 0 Å². The SMILES string of the molecule is CCC(C)C(CCc1ccccn1)NC. The smallest absolute Gasteiger partial charge is 0.0404 e. The number of hydrogen-bond acceptors (Lipinski definition) is 2. The summed E-state index contributed by atoms with van der Waals surface area (Å²) in [4.78, 5) is 4.34. The summed E-state index contributed by atoms with van der Waals surface area (Å²) in [6.45, 7) is 4.55. The lowest BCUT2D eigenvalue weighted by molar-refractivity contribution is 0.368. The number of aromatic nitrogens is 1. The fourth-order valence-corrected chi connectivity index (χ4v) is 1.85. The minimum atomic E-state index is 0.608. The molecule has 1 aromatic rings. The lowest BCUT2D eigenvalue weighted by Crippen LogP contribution is -2.32. The first-order chi connectivity index (χ1) is 7.27. The Bertz CT molecular complexity index is 258. The van der Waals surface area contributed by atoms with E-state index in [1.165, 1.54) is 18.5 Å². The molecule has 2 atom stereocenters. The molecule has 0 radical (unpaired) electrons. The maximum absolute atomic E-state index is 4.34. The lowest BCUT2D eigenvalue weighted by atomic mass is 9.94. The van der Waals surface area contributed by atoms with E-state index in [9.17, 15) is 0 Å². The van der Waals surface area contributed by atoms with Crippen LogP contribution in [0.2, 0.25) is 0 Å². The molecule has 0 amide bonds. The van der Waals surface area contributed by atoms with Gasteiger partial charge in [-0.15, -0.1) is 0 Å². The third kappa shape index (κ3) is 4.00. The molecule has 1 N–H and O–H groups in total. The van der Waals surface area contributed by atoms with Gasteiger partial charge >= 0.3 is 0 Å². The summed E-state index contributed by atoms with van der Waals surface area (Å²) in [5.41, 5.74) is 1.20. The van der Waals surface area contributed by atoms with Crippen molar-refractivity contribution in [2.24, 2.45) is 5.92 Å². The molecular weight excluding hydrogens is 184 g/mol. The van der Waals surface area contributed by atoms with E-state index in [1.54, 1.807) is 0 Å². The Morgan fingerprint density at radius 1 is 1.40 bits per heavy atom. The standard InChI is InChI=1S/C13H22N2/c1-4-11(2)13(14-3)9-8-12-7-5-6-10-15-12/h5-7,10-11,13-14H,4,8-9H2,1-3H3. The van der Waals surface area contributed by atoms with Crippen LogP contribution in [0, 0.1) is 5.92 Å². The molecule has 0 bridgehead atoms. The van der Waals surface area contributed by atoms with E-state index < -0.39 is 0 Å². The molecule has 84 valence electrons. The van der Waals surface area contributed by atoms with Crippen molar-refractivity contribution in [3.63, 3.8) is 0 Å². The minimum absolute atomic E-state index is 0.608. The van der Waals surface area contributed by atoms with E-state index in [-0.39, 0.29) is 0 Å². The third-order valence-electron chi connectivity index (χ3n) is 3.14. The number of nitrogens with one attached hydrogen (secondary N) is 1. The molecule has 1 heterocycles. The normalized spacial score (nSPS) is 14.9. The molecule has 1 aromatic heterocycles. The summed E-state index contributed by atoms with van der Waals surface area (Å²) < 4.78 is 0. The maximum atomic E-state index is 4.34. The monoisotopic (exact) mass is 206 g/mol. The van der Waals surface area contributed by atoms with Crippen LogP contribution >= 0.6 is 0 Å². The van der Waals surface area contributed by atoms with Gasteiger partial charge in [-0.3, -0.25) is 4.98 Å². The quantitative estimate of drug-likeness (QED) is 0.774. The second-order valence-electron chi connectivity index (χ2n) is 4.14. The van der Waals surface area contributed by atoms with E-state index in [4.69, 9.17) is 0 Å². The number of nitrogens with zero attached hydrogens (tertiary/aromatic N) is 1. The van der Waals surface area contributed by atoms with E-state index in [0.717, 1.165) is 12.3 Å². The highest BCUT2D eigenvalue weighted by Crippen LogP contribution is 2.12. The molecule has 2 nitrogen and oxygen atoms in total. The Kier molecular flexibility index (Phi) is 5.33. The Labute approximate surface area is 93.1 Å². The third-order valence-corrected chi connectivity index (χ3v) is 3.14. The molecule has 0 saturated heterocycles. The van der Waals surface area contributed by atoms with Gasteiger partial charge in [-0.25, -0.2) is 0 Å². The Hall–Kier alpha value is -0.890. The van der Waals surface area contributed by atoms with Gasteiger partial charge in [0, 0.05) is 17.9 Å². The summed E-state index contributed by atoms with van der Waals surface area (Å²) in [5.74, 6) is 0.735. The van der Waals surface area contributed by atoms with Crippen molar-refractivity contribution in [1.29, 1.82) is 0 Å². The first kappa shape index (κ1) is 12.2. The largest absolute Gasteiger partial charge is 0.317 e. The fourth-order valence-electron chi connectivity index (χ4n) is 1.85. The Morgan fingerprint density at radius 2 is 2.20 bits per heavy atom. The molecule has 15 heavy (non-hydrogen) atoms. The van der Waals surface area contributed by atoms with Crippen molar-refractivity contribution in [3.05, 3.63) is 30.1 Å². The van der Waals surface area contributed by atoms with Crippen molar-refractivity contribution in [1.82, 2.24) is 10.3 Å². The molecule has 0 aliphatic rings. The van der Waals surface area contributed by atoms with E-state index in [2.05, 4.69) is 43.3 Å². The van der Waals surface area contributed by atoms with Crippen LogP contribution in [0.4, 0.5) is 0 Å². The van der Waals surface area contributed by atoms with Crippen LogP contribution in [-0.4, -0.2) is 18.1 Å². The number of aryl methyl sites for hydroxylation is 1. The Morgan fingerprint density at radius 3 is 2.73 bits per heavy atom. The zero-order valence-corrected chi connectivity index (χ0v) is 10.0. The maximum Gasteiger partial charge on any atom is 0.0404 e. The topological polar surface area (TPSA) is 24.9 Å². The first-order valence-electron chi connectivity index (χ1n) is 5.85. The van der Waals surface area contributed by atoms with Crippen molar-refractivity contribution >= 4 is 0 Å². The predicted octanol–water partition coefficient (Wildman–Crippen LogP) is 2.65. The van der Waals surface area contributed by atoms with E-state index in [0.29, 0.717) is 6.04 Å². The van der Waals surface area contributed by atoms with Crippen LogP contribution < -0.4 is 5.32 Å². The summed E-state index contributed by atoms with van der Waals surface area (Å²) >= 11 is 0. The van der Waals surface area contributed by atoms with Crippen LogP contribution in [0.15, 0.2) is 24.4 Å². The van der Waals surface area contributed by atoms with Gasteiger partial charge in [0.25, 0.3) is 0 Å². The first-order valence-corrected chi connectivity index (χ1v) is 5.85. The zero-order chi connectivity index (χ0) is 11.1. The summed E-state index contributed by atoms with van der Waals surface area (Å²) in [5, 5.41) is 3.40. The van der Waals surface area contributed by atoms with Crippen molar-refractivity contribution < 1.29 is 0 Å². The molecule has 1 rings (SSSR count). The Balaban J connectivity index is 2.41. The highest BCUT2D eigenvalue weighted by atomic mass is 14.9. The molecule has 0 aliphatic heterocycles. The van der Waals surface area contributed by atoms with Gasteiger partial charge < -0.3 is 5.32 Å². The number of hydrogen-bond donors (Lipinski definition) is 1. The molecule has 0 spiro atoms. The predicted molar refractivity (Wildman–Crippen MR) is 64.9 cm³/mol. The molecule has 2 heteroatoms. The summed E-state index contributed by atoms with van der Waals surface area (Å²) in [7, 11) is 2.05. The lowest BCUT2D eigenvalue weighted by Gasteiger charge is -2.22. The van der Waals surface area contributed by atoms with Crippen LogP contribution in [-0.2, 0) is 6.42 Å².